The van der Waals surface area contributed by atoms with Crippen LogP contribution in [0.5, 0.6) is 0 Å². The number of amides is 1. The van der Waals surface area contributed by atoms with E-state index in [2.05, 4.69) is 9.71 Å². The zero-order chi connectivity index (χ0) is 17.8. The molecule has 0 aliphatic carbocycles. The first-order valence-electron chi connectivity index (χ1n) is 7.25. The van der Waals surface area contributed by atoms with Crippen molar-refractivity contribution in [2.75, 3.05) is 0 Å². The zero-order valence-electron chi connectivity index (χ0n) is 13.2. The lowest BCUT2D eigenvalue weighted by molar-refractivity contribution is 0.0987. The standard InChI is InChI=1S/C17H14ClN3OS3/c1-10-15(23-17(20-10)11-6-8-12(18)9-7-11)16(22)21-25-14-5-3-2-4-13(14)24-19/h2-9H,19H2,1H3,(H,21,22). The molecule has 128 valence electrons. The van der Waals surface area contributed by atoms with Crippen LogP contribution in [-0.4, -0.2) is 10.9 Å². The van der Waals surface area contributed by atoms with Gasteiger partial charge < -0.3 is 0 Å². The quantitative estimate of drug-likeness (QED) is 0.570. The number of rotatable bonds is 5. The lowest BCUT2D eigenvalue weighted by atomic mass is 10.2. The Morgan fingerprint density at radius 2 is 1.84 bits per heavy atom. The Kier molecular flexibility index (Phi) is 6.03. The van der Waals surface area contributed by atoms with Gasteiger partial charge >= 0.3 is 0 Å². The number of aromatic nitrogens is 1. The normalized spacial score (nSPS) is 10.7. The molecule has 0 atom stereocenters. The largest absolute Gasteiger partial charge is 0.291 e. The number of nitrogens with two attached hydrogens (primary N) is 1. The van der Waals surface area contributed by atoms with Crippen molar-refractivity contribution < 1.29 is 4.79 Å². The minimum Gasteiger partial charge on any atom is -0.291 e. The number of carbonyl (C=O) groups is 1. The number of nitrogens with zero attached hydrogens (tertiary/aromatic N) is 1. The van der Waals surface area contributed by atoms with E-state index in [1.165, 1.54) is 23.3 Å². The fraction of sp³-hybridized carbons (Fsp3) is 0.0588. The summed E-state index contributed by atoms with van der Waals surface area (Å²) in [6, 6.07) is 15.1. The number of nitrogens with one attached hydrogen (secondary N) is 1. The highest BCUT2D eigenvalue weighted by molar-refractivity contribution is 8.00. The lowest BCUT2D eigenvalue weighted by Crippen LogP contribution is -2.15. The molecular weight excluding hydrogens is 394 g/mol. The second-order valence-electron chi connectivity index (χ2n) is 5.04. The molecule has 8 heteroatoms. The molecule has 1 heterocycles. The summed E-state index contributed by atoms with van der Waals surface area (Å²) in [4.78, 5) is 19.4. The summed E-state index contributed by atoms with van der Waals surface area (Å²) in [5.41, 5.74) is 1.64. The molecule has 3 aromatic rings. The van der Waals surface area contributed by atoms with E-state index >= 15 is 0 Å². The summed E-state index contributed by atoms with van der Waals surface area (Å²) >= 11 is 9.69. The topological polar surface area (TPSA) is 68.0 Å². The second kappa shape index (κ2) is 8.25. The highest BCUT2D eigenvalue weighted by atomic mass is 35.5. The molecule has 0 bridgehead atoms. The van der Waals surface area contributed by atoms with Crippen molar-refractivity contribution in [3.05, 3.63) is 64.1 Å². The van der Waals surface area contributed by atoms with Gasteiger partial charge in [0.05, 0.1) is 5.69 Å². The fourth-order valence-electron chi connectivity index (χ4n) is 2.10. The van der Waals surface area contributed by atoms with Crippen molar-refractivity contribution in [3.8, 4) is 10.6 Å². The molecular formula is C17H14ClN3OS3. The number of thiazole rings is 1. The van der Waals surface area contributed by atoms with Gasteiger partial charge in [0, 0.05) is 20.4 Å². The first kappa shape index (κ1) is 18.3. The summed E-state index contributed by atoms with van der Waals surface area (Å²) in [6.07, 6.45) is 0. The van der Waals surface area contributed by atoms with Crippen molar-refractivity contribution in [1.82, 2.24) is 9.71 Å². The molecule has 3 rings (SSSR count). The van der Waals surface area contributed by atoms with E-state index in [0.717, 1.165) is 32.3 Å². The highest BCUT2D eigenvalue weighted by Crippen LogP contribution is 2.30. The molecule has 0 radical (unpaired) electrons. The lowest BCUT2D eigenvalue weighted by Gasteiger charge is -2.06. The van der Waals surface area contributed by atoms with E-state index in [9.17, 15) is 4.79 Å². The van der Waals surface area contributed by atoms with Gasteiger partial charge in [-0.05, 0) is 55.1 Å². The fourth-order valence-corrected chi connectivity index (χ4v) is 4.49. The Morgan fingerprint density at radius 3 is 2.52 bits per heavy atom. The number of benzene rings is 2. The molecule has 3 N–H and O–H groups in total. The molecule has 25 heavy (non-hydrogen) atoms. The minimum absolute atomic E-state index is 0.169. The average Bonchev–Trinajstić information content (AvgIpc) is 3.02. The van der Waals surface area contributed by atoms with Crippen molar-refractivity contribution in [1.29, 1.82) is 0 Å². The van der Waals surface area contributed by atoms with Crippen molar-refractivity contribution in [2.24, 2.45) is 5.14 Å². The molecule has 0 unspecified atom stereocenters. The average molecular weight is 408 g/mol. The molecule has 2 aromatic carbocycles. The number of halogens is 1. The summed E-state index contributed by atoms with van der Waals surface area (Å²) in [5, 5.41) is 7.11. The Morgan fingerprint density at radius 1 is 1.16 bits per heavy atom. The first-order valence-corrected chi connectivity index (χ1v) is 10.1. The number of aryl methyl sites for hydroxylation is 1. The smallest absolute Gasteiger partial charge is 0.273 e. The van der Waals surface area contributed by atoms with Gasteiger partial charge in [0.2, 0.25) is 0 Å². The van der Waals surface area contributed by atoms with Crippen molar-refractivity contribution in [3.63, 3.8) is 0 Å². The van der Waals surface area contributed by atoms with Crippen molar-refractivity contribution >= 4 is 52.7 Å². The van der Waals surface area contributed by atoms with Gasteiger partial charge in [0.25, 0.3) is 5.91 Å². The monoisotopic (exact) mass is 407 g/mol. The van der Waals surface area contributed by atoms with E-state index in [0.29, 0.717) is 15.6 Å². The van der Waals surface area contributed by atoms with Crippen LogP contribution in [0.1, 0.15) is 15.4 Å². The SMILES string of the molecule is Cc1nc(-c2ccc(Cl)cc2)sc1C(=O)NSc1ccccc1SN. The van der Waals surface area contributed by atoms with Crippen LogP contribution in [0, 0.1) is 6.92 Å². The number of hydrogen-bond donors (Lipinski definition) is 2. The van der Waals surface area contributed by atoms with Crippen LogP contribution in [0.3, 0.4) is 0 Å². The summed E-state index contributed by atoms with van der Waals surface area (Å²) in [5.74, 6) is -0.169. The van der Waals surface area contributed by atoms with Crippen LogP contribution in [0.4, 0.5) is 0 Å². The summed E-state index contributed by atoms with van der Waals surface area (Å²) in [7, 11) is 0. The minimum atomic E-state index is -0.169. The zero-order valence-corrected chi connectivity index (χ0v) is 16.4. The number of carbonyl (C=O) groups excluding carboxylic acids is 1. The van der Waals surface area contributed by atoms with Gasteiger partial charge in [-0.1, -0.05) is 35.9 Å². The molecule has 1 amide bonds. The third-order valence-corrected chi connectivity index (χ3v) is 6.38. The predicted molar refractivity (Wildman–Crippen MR) is 107 cm³/mol. The van der Waals surface area contributed by atoms with Crippen molar-refractivity contribution in [2.45, 2.75) is 16.7 Å². The van der Waals surface area contributed by atoms with Gasteiger partial charge in [-0.2, -0.15) is 0 Å². The maximum atomic E-state index is 12.5. The highest BCUT2D eigenvalue weighted by Gasteiger charge is 2.17. The predicted octanol–water partition coefficient (Wildman–Crippen LogP) is 5.17. The van der Waals surface area contributed by atoms with Crippen LogP contribution in [0.15, 0.2) is 58.3 Å². The first-order chi connectivity index (χ1) is 12.1. The second-order valence-corrected chi connectivity index (χ2v) is 8.00. The summed E-state index contributed by atoms with van der Waals surface area (Å²) < 4.78 is 2.86. The van der Waals surface area contributed by atoms with E-state index in [1.54, 1.807) is 0 Å². The third-order valence-electron chi connectivity index (χ3n) is 3.32. The van der Waals surface area contributed by atoms with Crippen LogP contribution in [0.25, 0.3) is 10.6 Å². The maximum Gasteiger partial charge on any atom is 0.273 e. The summed E-state index contributed by atoms with van der Waals surface area (Å²) in [6.45, 7) is 1.83. The van der Waals surface area contributed by atoms with Gasteiger partial charge in [-0.25, -0.2) is 4.98 Å². The molecule has 0 saturated carbocycles. The van der Waals surface area contributed by atoms with Crippen LogP contribution in [0.2, 0.25) is 5.02 Å². The molecule has 1 aromatic heterocycles. The molecule has 0 saturated heterocycles. The van der Waals surface area contributed by atoms with Gasteiger partial charge in [-0.15, -0.1) is 11.3 Å². The number of hydrogen-bond acceptors (Lipinski definition) is 6. The molecule has 0 fully saturated rings. The third kappa shape index (κ3) is 4.37. The maximum absolute atomic E-state index is 12.5. The van der Waals surface area contributed by atoms with Crippen LogP contribution >= 0.6 is 46.8 Å². The Bertz CT molecular complexity index is 896. The Labute approximate surface area is 163 Å². The van der Waals surface area contributed by atoms with E-state index in [1.807, 2.05) is 55.5 Å². The Hall–Kier alpha value is -1.51. The Balaban J connectivity index is 1.75. The van der Waals surface area contributed by atoms with Gasteiger partial charge in [0.1, 0.15) is 9.88 Å². The van der Waals surface area contributed by atoms with Gasteiger partial charge in [-0.3, -0.25) is 14.7 Å². The van der Waals surface area contributed by atoms with E-state index in [4.69, 9.17) is 16.7 Å². The van der Waals surface area contributed by atoms with Gasteiger partial charge in [0.15, 0.2) is 0 Å². The van der Waals surface area contributed by atoms with E-state index < -0.39 is 0 Å². The molecule has 4 nitrogen and oxygen atoms in total. The molecule has 0 spiro atoms. The van der Waals surface area contributed by atoms with Crippen LogP contribution < -0.4 is 9.86 Å². The molecule has 0 aliphatic rings. The molecule has 0 aliphatic heterocycles. The van der Waals surface area contributed by atoms with Crippen LogP contribution in [-0.2, 0) is 0 Å². The van der Waals surface area contributed by atoms with E-state index in [-0.39, 0.29) is 5.91 Å².